The summed E-state index contributed by atoms with van der Waals surface area (Å²) in [7, 11) is 0. The van der Waals surface area contributed by atoms with Gasteiger partial charge in [0, 0.05) is 25.2 Å². The number of hydrogen-bond acceptors (Lipinski definition) is 3. The van der Waals surface area contributed by atoms with Crippen molar-refractivity contribution in [2.75, 3.05) is 19.6 Å². The first-order valence-electron chi connectivity index (χ1n) is 8.13. The average molecular weight is 292 g/mol. The van der Waals surface area contributed by atoms with Gasteiger partial charge < -0.3 is 10.6 Å². The van der Waals surface area contributed by atoms with Crippen molar-refractivity contribution in [2.45, 2.75) is 52.5 Å². The third kappa shape index (κ3) is 5.50. The van der Waals surface area contributed by atoms with Crippen LogP contribution in [0.2, 0.25) is 0 Å². The van der Waals surface area contributed by atoms with Gasteiger partial charge in [0.25, 0.3) is 0 Å². The van der Waals surface area contributed by atoms with E-state index in [1.54, 1.807) is 0 Å². The van der Waals surface area contributed by atoms with E-state index < -0.39 is 0 Å². The second-order valence-corrected chi connectivity index (χ2v) is 6.10. The van der Waals surface area contributed by atoms with Crippen LogP contribution in [0.1, 0.15) is 43.5 Å². The van der Waals surface area contributed by atoms with Crippen LogP contribution < -0.4 is 10.6 Å². The van der Waals surface area contributed by atoms with E-state index in [4.69, 9.17) is 0 Å². The van der Waals surface area contributed by atoms with Gasteiger partial charge in [-0.3, -0.25) is 9.48 Å². The molecule has 0 saturated carbocycles. The Morgan fingerprint density at radius 1 is 1.52 bits per heavy atom. The maximum atomic E-state index is 11.8. The first kappa shape index (κ1) is 16.0. The number of rotatable bonds is 7. The van der Waals surface area contributed by atoms with Gasteiger partial charge in [0.15, 0.2) is 0 Å². The van der Waals surface area contributed by atoms with Crippen molar-refractivity contribution in [3.05, 3.63) is 17.5 Å². The minimum atomic E-state index is 0.189. The summed E-state index contributed by atoms with van der Waals surface area (Å²) < 4.78 is 2.01. The van der Waals surface area contributed by atoms with Gasteiger partial charge in [0.1, 0.15) is 0 Å². The van der Waals surface area contributed by atoms with E-state index in [0.717, 1.165) is 44.7 Å². The Kier molecular flexibility index (Phi) is 6.23. The number of carbonyl (C=O) groups is 1. The van der Waals surface area contributed by atoms with Crippen molar-refractivity contribution in [3.63, 3.8) is 0 Å². The smallest absolute Gasteiger partial charge is 0.220 e. The van der Waals surface area contributed by atoms with Crippen LogP contribution in [-0.4, -0.2) is 35.3 Å². The molecule has 1 aromatic heterocycles. The number of hydrogen-bond donors (Lipinski definition) is 2. The second-order valence-electron chi connectivity index (χ2n) is 6.10. The number of piperidine rings is 1. The summed E-state index contributed by atoms with van der Waals surface area (Å²) >= 11 is 0. The van der Waals surface area contributed by atoms with Crippen molar-refractivity contribution >= 4 is 5.91 Å². The number of aryl methyl sites for hydroxylation is 3. The molecule has 21 heavy (non-hydrogen) atoms. The Labute approximate surface area is 127 Å². The normalized spacial score (nSPS) is 18.7. The van der Waals surface area contributed by atoms with Gasteiger partial charge in [-0.25, -0.2) is 0 Å². The Hall–Kier alpha value is -1.36. The van der Waals surface area contributed by atoms with E-state index in [0.29, 0.717) is 12.3 Å². The molecule has 5 nitrogen and oxygen atoms in total. The zero-order valence-corrected chi connectivity index (χ0v) is 13.3. The summed E-state index contributed by atoms with van der Waals surface area (Å²) in [5.41, 5.74) is 2.24. The van der Waals surface area contributed by atoms with E-state index in [1.165, 1.54) is 18.5 Å². The highest BCUT2D eigenvalue weighted by Gasteiger charge is 2.14. The van der Waals surface area contributed by atoms with E-state index >= 15 is 0 Å². The van der Waals surface area contributed by atoms with Gasteiger partial charge in [0.2, 0.25) is 5.91 Å². The molecular weight excluding hydrogens is 264 g/mol. The van der Waals surface area contributed by atoms with Gasteiger partial charge in [-0.05, 0) is 64.6 Å². The highest BCUT2D eigenvalue weighted by molar-refractivity contribution is 5.75. The maximum absolute atomic E-state index is 11.8. The van der Waals surface area contributed by atoms with Crippen LogP contribution in [0.3, 0.4) is 0 Å². The molecule has 1 aromatic rings. The lowest BCUT2D eigenvalue weighted by atomic mass is 9.94. The first-order chi connectivity index (χ1) is 10.1. The first-order valence-corrected chi connectivity index (χ1v) is 8.13. The number of amides is 1. The molecule has 1 saturated heterocycles. The van der Waals surface area contributed by atoms with Crippen molar-refractivity contribution in [3.8, 4) is 0 Å². The number of carbonyl (C=O) groups excluding carboxylic acids is 1. The predicted octanol–water partition coefficient (Wildman–Crippen LogP) is 1.79. The predicted molar refractivity (Wildman–Crippen MR) is 84.2 cm³/mol. The third-order valence-electron chi connectivity index (χ3n) is 4.15. The molecular formula is C16H28N4O. The molecule has 5 heteroatoms. The molecule has 0 bridgehead atoms. The van der Waals surface area contributed by atoms with Crippen LogP contribution in [0.4, 0.5) is 0 Å². The van der Waals surface area contributed by atoms with Crippen LogP contribution in [0, 0.1) is 19.8 Å². The zero-order chi connectivity index (χ0) is 15.1. The summed E-state index contributed by atoms with van der Waals surface area (Å²) in [6, 6.07) is 2.08. The SMILES string of the molecule is Cc1cc(C)n(CCCNC(=O)CCC2CCCNC2)n1. The van der Waals surface area contributed by atoms with Crippen LogP contribution in [0.5, 0.6) is 0 Å². The van der Waals surface area contributed by atoms with Crippen molar-refractivity contribution in [2.24, 2.45) is 5.92 Å². The second kappa shape index (κ2) is 8.17. The van der Waals surface area contributed by atoms with Crippen LogP contribution >= 0.6 is 0 Å². The number of aromatic nitrogens is 2. The van der Waals surface area contributed by atoms with E-state index in [1.807, 2.05) is 11.6 Å². The highest BCUT2D eigenvalue weighted by Crippen LogP contribution is 2.15. The minimum Gasteiger partial charge on any atom is -0.356 e. The van der Waals surface area contributed by atoms with Crippen LogP contribution in [0.25, 0.3) is 0 Å². The summed E-state index contributed by atoms with van der Waals surface area (Å²) in [5.74, 6) is 0.869. The van der Waals surface area contributed by atoms with Gasteiger partial charge in [-0.1, -0.05) is 0 Å². The quantitative estimate of drug-likeness (QED) is 0.753. The molecule has 0 radical (unpaired) electrons. The number of nitrogens with one attached hydrogen (secondary N) is 2. The van der Waals surface area contributed by atoms with E-state index in [9.17, 15) is 4.79 Å². The Morgan fingerprint density at radius 2 is 2.38 bits per heavy atom. The molecule has 1 amide bonds. The average Bonchev–Trinajstić information content (AvgIpc) is 2.80. The lowest BCUT2D eigenvalue weighted by molar-refractivity contribution is -0.121. The fourth-order valence-electron chi connectivity index (χ4n) is 2.95. The monoisotopic (exact) mass is 292 g/mol. The fourth-order valence-corrected chi connectivity index (χ4v) is 2.95. The van der Waals surface area contributed by atoms with Gasteiger partial charge in [-0.2, -0.15) is 5.10 Å². The lowest BCUT2D eigenvalue weighted by Crippen LogP contribution is -2.31. The molecule has 0 spiro atoms. The lowest BCUT2D eigenvalue weighted by Gasteiger charge is -2.22. The molecule has 118 valence electrons. The Balaban J connectivity index is 1.55. The fraction of sp³-hybridized carbons (Fsp3) is 0.750. The summed E-state index contributed by atoms with van der Waals surface area (Å²) in [5, 5.41) is 10.8. The topological polar surface area (TPSA) is 59.0 Å². The van der Waals surface area contributed by atoms with Crippen molar-refractivity contribution in [1.82, 2.24) is 20.4 Å². The molecule has 2 N–H and O–H groups in total. The van der Waals surface area contributed by atoms with E-state index in [2.05, 4.69) is 28.7 Å². The largest absolute Gasteiger partial charge is 0.356 e. The molecule has 1 fully saturated rings. The van der Waals surface area contributed by atoms with Crippen LogP contribution in [0.15, 0.2) is 6.07 Å². The molecule has 0 aliphatic carbocycles. The highest BCUT2D eigenvalue weighted by atomic mass is 16.1. The molecule has 1 atom stereocenters. The summed E-state index contributed by atoms with van der Waals surface area (Å²) in [6.07, 6.45) is 5.11. The third-order valence-corrected chi connectivity index (χ3v) is 4.15. The molecule has 1 aliphatic rings. The number of nitrogens with zero attached hydrogens (tertiary/aromatic N) is 2. The summed E-state index contributed by atoms with van der Waals surface area (Å²) in [4.78, 5) is 11.8. The molecule has 1 aliphatic heterocycles. The van der Waals surface area contributed by atoms with Crippen molar-refractivity contribution in [1.29, 1.82) is 0 Å². The molecule has 2 heterocycles. The maximum Gasteiger partial charge on any atom is 0.220 e. The molecule has 2 rings (SSSR count). The van der Waals surface area contributed by atoms with E-state index in [-0.39, 0.29) is 5.91 Å². The van der Waals surface area contributed by atoms with Gasteiger partial charge in [-0.15, -0.1) is 0 Å². The molecule has 0 aromatic carbocycles. The van der Waals surface area contributed by atoms with Crippen LogP contribution in [-0.2, 0) is 11.3 Å². The van der Waals surface area contributed by atoms with Gasteiger partial charge >= 0.3 is 0 Å². The minimum absolute atomic E-state index is 0.189. The van der Waals surface area contributed by atoms with Gasteiger partial charge in [0.05, 0.1) is 5.69 Å². The zero-order valence-electron chi connectivity index (χ0n) is 13.3. The summed E-state index contributed by atoms with van der Waals surface area (Å²) in [6.45, 7) is 7.88. The standard InChI is InChI=1S/C16H28N4O/c1-13-11-14(2)20(19-13)10-4-9-18-16(21)7-6-15-5-3-8-17-12-15/h11,15,17H,3-10,12H2,1-2H3,(H,18,21). The van der Waals surface area contributed by atoms with Crippen molar-refractivity contribution < 1.29 is 4.79 Å². The molecule has 1 unspecified atom stereocenters. The Morgan fingerprint density at radius 3 is 3.05 bits per heavy atom. The Bertz CT molecular complexity index is 449.